The van der Waals surface area contributed by atoms with E-state index in [-0.39, 0.29) is 12.0 Å². The summed E-state index contributed by atoms with van der Waals surface area (Å²) in [5.74, 6) is 0.708. The van der Waals surface area contributed by atoms with Gasteiger partial charge in [-0.25, -0.2) is 4.98 Å². The molecule has 1 amide bonds. The van der Waals surface area contributed by atoms with Crippen molar-refractivity contribution in [3.63, 3.8) is 0 Å². The van der Waals surface area contributed by atoms with Gasteiger partial charge in [0.2, 0.25) is 0 Å². The van der Waals surface area contributed by atoms with Gasteiger partial charge in [0.25, 0.3) is 5.91 Å². The first-order chi connectivity index (χ1) is 17.0. The maximum Gasteiger partial charge on any atom is 0.251 e. The van der Waals surface area contributed by atoms with E-state index in [1.54, 1.807) is 18.0 Å². The molecule has 2 aromatic carbocycles. The van der Waals surface area contributed by atoms with Crippen LogP contribution in [-0.2, 0) is 17.0 Å². The third-order valence-electron chi connectivity index (χ3n) is 5.58. The second-order valence-electron chi connectivity index (χ2n) is 8.85. The molecular weight excluding hydrogens is 456 g/mol. The summed E-state index contributed by atoms with van der Waals surface area (Å²) in [5.41, 5.74) is 6.27. The Hall–Kier alpha value is -3.16. The number of aromatic nitrogens is 3. The van der Waals surface area contributed by atoms with Crippen LogP contribution in [-0.4, -0.2) is 39.7 Å². The molecule has 0 unspecified atom stereocenters. The van der Waals surface area contributed by atoms with E-state index < -0.39 is 0 Å². The van der Waals surface area contributed by atoms with Crippen molar-refractivity contribution >= 4 is 28.7 Å². The van der Waals surface area contributed by atoms with Crippen LogP contribution in [0.1, 0.15) is 47.3 Å². The van der Waals surface area contributed by atoms with Gasteiger partial charge in [0.15, 0.2) is 5.16 Å². The van der Waals surface area contributed by atoms with Crippen LogP contribution in [0.5, 0.6) is 0 Å². The van der Waals surface area contributed by atoms with Crippen molar-refractivity contribution in [1.82, 2.24) is 19.9 Å². The zero-order valence-corrected chi connectivity index (χ0v) is 21.3. The lowest BCUT2D eigenvalue weighted by Crippen LogP contribution is -2.25. The summed E-state index contributed by atoms with van der Waals surface area (Å²) in [4.78, 5) is 21.6. The number of fused-ring (bicyclic) bond motifs is 1. The van der Waals surface area contributed by atoms with Gasteiger partial charge >= 0.3 is 0 Å². The third-order valence-corrected chi connectivity index (χ3v) is 6.63. The molecular formula is C28H32N4O2S. The molecule has 0 saturated heterocycles. The Kier molecular flexibility index (Phi) is 8.55. The smallest absolute Gasteiger partial charge is 0.251 e. The minimum atomic E-state index is -0.0544. The van der Waals surface area contributed by atoms with Gasteiger partial charge in [-0.3, -0.25) is 9.78 Å². The monoisotopic (exact) mass is 488 g/mol. The maximum absolute atomic E-state index is 12.4. The molecule has 2 aromatic heterocycles. The topological polar surface area (TPSA) is 69.0 Å². The molecule has 35 heavy (non-hydrogen) atoms. The number of rotatable bonds is 11. The molecule has 6 nitrogen and oxygen atoms in total. The number of ether oxygens (including phenoxy) is 1. The summed E-state index contributed by atoms with van der Waals surface area (Å²) in [6.45, 7) is 8.13. The maximum atomic E-state index is 12.4. The minimum Gasteiger partial charge on any atom is -0.379 e. The van der Waals surface area contributed by atoms with Crippen LogP contribution in [0.25, 0.3) is 11.0 Å². The van der Waals surface area contributed by atoms with Crippen LogP contribution in [0.4, 0.5) is 0 Å². The van der Waals surface area contributed by atoms with Crippen molar-refractivity contribution in [2.45, 2.75) is 50.8 Å². The SMILES string of the molecule is Cc1cccc(Cn2c(SCc3ccc(C(=O)NCCCOC(C)C)cc3)nc3ccncc32)c1. The highest BCUT2D eigenvalue weighted by Crippen LogP contribution is 2.27. The van der Waals surface area contributed by atoms with Crippen LogP contribution in [0.3, 0.4) is 0 Å². The first kappa shape index (κ1) is 24.9. The molecule has 1 N–H and O–H groups in total. The summed E-state index contributed by atoms with van der Waals surface area (Å²) in [6, 6.07) is 18.3. The number of amides is 1. The van der Waals surface area contributed by atoms with E-state index in [0.29, 0.717) is 18.7 Å². The van der Waals surface area contributed by atoms with E-state index in [4.69, 9.17) is 9.72 Å². The highest BCUT2D eigenvalue weighted by Gasteiger charge is 2.13. The fourth-order valence-corrected chi connectivity index (χ4v) is 4.77. The predicted molar refractivity (Wildman–Crippen MR) is 142 cm³/mol. The van der Waals surface area contributed by atoms with Gasteiger partial charge in [0, 0.05) is 30.7 Å². The molecule has 0 saturated carbocycles. The van der Waals surface area contributed by atoms with E-state index in [9.17, 15) is 4.79 Å². The number of benzene rings is 2. The van der Waals surface area contributed by atoms with Crippen molar-refractivity contribution in [3.05, 3.63) is 89.2 Å². The number of carbonyl (C=O) groups excluding carboxylic acids is 1. The third kappa shape index (κ3) is 6.93. The van der Waals surface area contributed by atoms with Crippen LogP contribution in [0, 0.1) is 6.92 Å². The van der Waals surface area contributed by atoms with Gasteiger partial charge in [-0.1, -0.05) is 53.7 Å². The number of aryl methyl sites for hydroxylation is 1. The zero-order valence-electron chi connectivity index (χ0n) is 20.5. The molecule has 182 valence electrons. The predicted octanol–water partition coefficient (Wildman–Crippen LogP) is 5.63. The molecule has 0 bridgehead atoms. The Morgan fingerprint density at radius 2 is 1.94 bits per heavy atom. The Bertz CT molecular complexity index is 1270. The van der Waals surface area contributed by atoms with Crippen LogP contribution < -0.4 is 5.32 Å². The highest BCUT2D eigenvalue weighted by molar-refractivity contribution is 7.98. The van der Waals surface area contributed by atoms with Gasteiger partial charge in [-0.15, -0.1) is 0 Å². The molecule has 0 radical (unpaired) electrons. The number of nitrogens with zero attached hydrogens (tertiary/aromatic N) is 3. The molecule has 0 fully saturated rings. The summed E-state index contributed by atoms with van der Waals surface area (Å²) >= 11 is 1.69. The van der Waals surface area contributed by atoms with Gasteiger partial charge in [-0.2, -0.15) is 0 Å². The van der Waals surface area contributed by atoms with Gasteiger partial charge < -0.3 is 14.6 Å². The van der Waals surface area contributed by atoms with Gasteiger partial charge in [0.1, 0.15) is 0 Å². The number of pyridine rings is 1. The number of carbonyl (C=O) groups is 1. The van der Waals surface area contributed by atoms with Crippen molar-refractivity contribution in [3.8, 4) is 0 Å². The first-order valence-electron chi connectivity index (χ1n) is 12.0. The van der Waals surface area contributed by atoms with Gasteiger partial charge in [-0.05, 0) is 56.5 Å². The molecule has 0 aliphatic rings. The summed E-state index contributed by atoms with van der Waals surface area (Å²) in [5, 5.41) is 3.91. The molecule has 7 heteroatoms. The molecule has 4 aromatic rings. The highest BCUT2D eigenvalue weighted by atomic mass is 32.2. The standard InChI is InChI=1S/C28H32N4O2S/c1-20(2)34-15-5-13-30-27(33)24-10-8-22(9-11-24)19-35-28-31-25-12-14-29-17-26(25)32(28)18-23-7-4-6-21(3)16-23/h4,6-12,14,16-17,20H,5,13,15,18-19H2,1-3H3,(H,30,33). The number of imidazole rings is 1. The average Bonchev–Trinajstić information content (AvgIpc) is 3.20. The van der Waals surface area contributed by atoms with Crippen molar-refractivity contribution in [2.24, 2.45) is 0 Å². The fraction of sp³-hybridized carbons (Fsp3) is 0.321. The number of nitrogens with one attached hydrogen (secondary N) is 1. The summed E-state index contributed by atoms with van der Waals surface area (Å²) in [7, 11) is 0. The van der Waals surface area contributed by atoms with Crippen molar-refractivity contribution in [2.75, 3.05) is 13.2 Å². The Morgan fingerprint density at radius 3 is 2.71 bits per heavy atom. The largest absolute Gasteiger partial charge is 0.379 e. The quantitative estimate of drug-likeness (QED) is 0.219. The van der Waals surface area contributed by atoms with E-state index in [1.165, 1.54) is 11.1 Å². The van der Waals surface area contributed by atoms with Crippen LogP contribution in [0.2, 0.25) is 0 Å². The van der Waals surface area contributed by atoms with E-state index in [0.717, 1.165) is 40.5 Å². The summed E-state index contributed by atoms with van der Waals surface area (Å²) < 4.78 is 7.74. The number of thioether (sulfide) groups is 1. The zero-order chi connectivity index (χ0) is 24.6. The molecule has 4 rings (SSSR count). The molecule has 0 atom stereocenters. The lowest BCUT2D eigenvalue weighted by Gasteiger charge is -2.10. The van der Waals surface area contributed by atoms with E-state index in [1.807, 2.05) is 50.4 Å². The number of hydrogen-bond donors (Lipinski definition) is 1. The molecule has 2 heterocycles. The second-order valence-corrected chi connectivity index (χ2v) is 9.79. The van der Waals surface area contributed by atoms with Crippen molar-refractivity contribution < 1.29 is 9.53 Å². The second kappa shape index (κ2) is 12.0. The van der Waals surface area contributed by atoms with Crippen LogP contribution >= 0.6 is 11.8 Å². The normalized spacial score (nSPS) is 11.3. The summed E-state index contributed by atoms with van der Waals surface area (Å²) in [6.07, 6.45) is 4.68. The lowest BCUT2D eigenvalue weighted by molar-refractivity contribution is 0.0757. The number of hydrogen-bond acceptors (Lipinski definition) is 5. The van der Waals surface area contributed by atoms with Crippen LogP contribution in [0.15, 0.2) is 72.1 Å². The van der Waals surface area contributed by atoms with E-state index >= 15 is 0 Å². The Balaban J connectivity index is 1.39. The van der Waals surface area contributed by atoms with E-state index in [2.05, 4.69) is 46.1 Å². The average molecular weight is 489 g/mol. The molecule has 0 spiro atoms. The fourth-order valence-electron chi connectivity index (χ4n) is 3.80. The lowest BCUT2D eigenvalue weighted by atomic mass is 10.1. The Morgan fingerprint density at radius 1 is 1.11 bits per heavy atom. The van der Waals surface area contributed by atoms with Crippen molar-refractivity contribution in [1.29, 1.82) is 0 Å². The molecule has 0 aliphatic carbocycles. The Labute approximate surface area is 211 Å². The minimum absolute atomic E-state index is 0.0544. The first-order valence-corrected chi connectivity index (χ1v) is 13.0. The molecule has 0 aliphatic heterocycles. The van der Waals surface area contributed by atoms with Gasteiger partial charge in [0.05, 0.1) is 29.9 Å².